The zero-order valence-electron chi connectivity index (χ0n) is 15.5. The second kappa shape index (κ2) is 5.56. The van der Waals surface area contributed by atoms with Crippen LogP contribution in [0.2, 0.25) is 0 Å². The summed E-state index contributed by atoms with van der Waals surface area (Å²) >= 11 is 0. The Balaban J connectivity index is 1.65. The van der Waals surface area contributed by atoms with E-state index in [-0.39, 0.29) is 23.4 Å². The number of fused-ring (bicyclic) bond motifs is 5. The highest BCUT2D eigenvalue weighted by Crippen LogP contribution is 2.67. The van der Waals surface area contributed by atoms with Crippen LogP contribution >= 0.6 is 0 Å². The van der Waals surface area contributed by atoms with Crippen LogP contribution in [0.25, 0.3) is 0 Å². The van der Waals surface area contributed by atoms with Gasteiger partial charge in [-0.3, -0.25) is 4.79 Å². The molecule has 0 saturated heterocycles. The van der Waals surface area contributed by atoms with E-state index >= 15 is 0 Å². The molecule has 0 amide bonds. The van der Waals surface area contributed by atoms with Crippen molar-refractivity contribution in [1.29, 1.82) is 0 Å². The van der Waals surface area contributed by atoms with Crippen LogP contribution in [0.3, 0.4) is 0 Å². The summed E-state index contributed by atoms with van der Waals surface area (Å²) in [4.78, 5) is 11.3. The highest BCUT2D eigenvalue weighted by Gasteiger charge is 2.63. The number of carboxylic acids is 1. The number of hydrogen-bond donors (Lipinski definition) is 3. The summed E-state index contributed by atoms with van der Waals surface area (Å²) in [6, 6.07) is 0. The zero-order valence-corrected chi connectivity index (χ0v) is 15.5. The molecule has 0 unspecified atom stereocenters. The fourth-order valence-electron chi connectivity index (χ4n) is 7.29. The van der Waals surface area contributed by atoms with E-state index in [1.54, 1.807) is 0 Å². The molecule has 4 aliphatic carbocycles. The molecule has 7 atom stereocenters. The Morgan fingerprint density at radius 2 is 1.88 bits per heavy atom. The van der Waals surface area contributed by atoms with Crippen LogP contribution in [-0.4, -0.2) is 33.0 Å². The van der Waals surface area contributed by atoms with Gasteiger partial charge in [-0.25, -0.2) is 0 Å². The SMILES string of the molecule is C[C@]12CC[C@@H](O)CC1=CC[C@@H]1[C@@H]2CC[C@@]2(C)[C@H]1CC[C@]2(O)CC(=O)O. The van der Waals surface area contributed by atoms with Crippen molar-refractivity contribution in [1.82, 2.24) is 0 Å². The number of aliphatic hydroxyl groups excluding tert-OH is 1. The third kappa shape index (κ3) is 2.36. The molecule has 4 rings (SSSR count). The van der Waals surface area contributed by atoms with Crippen molar-refractivity contribution in [2.75, 3.05) is 0 Å². The summed E-state index contributed by atoms with van der Waals surface area (Å²) < 4.78 is 0. The molecular formula is C21H32O4. The molecular weight excluding hydrogens is 316 g/mol. The van der Waals surface area contributed by atoms with Gasteiger partial charge in [-0.2, -0.15) is 0 Å². The van der Waals surface area contributed by atoms with Gasteiger partial charge in [0.2, 0.25) is 0 Å². The Kier molecular flexibility index (Phi) is 3.90. The van der Waals surface area contributed by atoms with Crippen LogP contribution in [-0.2, 0) is 4.79 Å². The van der Waals surface area contributed by atoms with Gasteiger partial charge in [0.25, 0.3) is 0 Å². The van der Waals surface area contributed by atoms with E-state index in [1.807, 2.05) is 0 Å². The first-order chi connectivity index (χ1) is 11.7. The molecule has 0 aromatic carbocycles. The molecule has 25 heavy (non-hydrogen) atoms. The molecule has 0 aliphatic heterocycles. The number of rotatable bonds is 2. The fraction of sp³-hybridized carbons (Fsp3) is 0.857. The summed E-state index contributed by atoms with van der Waals surface area (Å²) in [7, 11) is 0. The van der Waals surface area contributed by atoms with Gasteiger partial charge < -0.3 is 15.3 Å². The van der Waals surface area contributed by atoms with Crippen LogP contribution in [0, 0.1) is 28.6 Å². The number of hydrogen-bond acceptors (Lipinski definition) is 3. The van der Waals surface area contributed by atoms with Crippen LogP contribution < -0.4 is 0 Å². The minimum Gasteiger partial charge on any atom is -0.481 e. The molecule has 0 aromatic heterocycles. The Labute approximate surface area is 150 Å². The van der Waals surface area contributed by atoms with E-state index in [9.17, 15) is 20.1 Å². The van der Waals surface area contributed by atoms with E-state index < -0.39 is 11.6 Å². The summed E-state index contributed by atoms with van der Waals surface area (Å²) in [6.07, 6.45) is 9.45. The molecule has 3 N–H and O–H groups in total. The summed E-state index contributed by atoms with van der Waals surface area (Å²) in [5.41, 5.74) is 0.316. The molecule has 0 bridgehead atoms. The number of aliphatic carboxylic acids is 1. The van der Waals surface area contributed by atoms with Crippen LogP contribution in [0.4, 0.5) is 0 Å². The minimum atomic E-state index is -1.05. The van der Waals surface area contributed by atoms with Gasteiger partial charge >= 0.3 is 5.97 Å². The maximum absolute atomic E-state index is 11.3. The third-order valence-corrected chi connectivity index (χ3v) is 8.84. The smallest absolute Gasteiger partial charge is 0.306 e. The van der Waals surface area contributed by atoms with Gasteiger partial charge in [0, 0.05) is 0 Å². The molecule has 4 aliphatic rings. The zero-order chi connectivity index (χ0) is 18.0. The van der Waals surface area contributed by atoms with Crippen molar-refractivity contribution in [3.05, 3.63) is 11.6 Å². The van der Waals surface area contributed by atoms with Crippen molar-refractivity contribution in [2.45, 2.75) is 83.3 Å². The van der Waals surface area contributed by atoms with Gasteiger partial charge in [0.05, 0.1) is 18.1 Å². The summed E-state index contributed by atoms with van der Waals surface area (Å²) in [6.45, 7) is 4.54. The Bertz CT molecular complexity index is 613. The van der Waals surface area contributed by atoms with E-state index in [4.69, 9.17) is 0 Å². The first-order valence-corrected chi connectivity index (χ1v) is 10.0. The number of carbonyl (C=O) groups is 1. The molecule has 0 spiro atoms. The van der Waals surface area contributed by atoms with Crippen molar-refractivity contribution in [3.63, 3.8) is 0 Å². The lowest BCUT2D eigenvalue weighted by atomic mass is 9.47. The minimum absolute atomic E-state index is 0.123. The number of carboxylic acid groups (broad SMARTS) is 1. The first-order valence-electron chi connectivity index (χ1n) is 10.0. The predicted molar refractivity (Wildman–Crippen MR) is 94.9 cm³/mol. The fourth-order valence-corrected chi connectivity index (χ4v) is 7.29. The lowest BCUT2D eigenvalue weighted by Crippen LogP contribution is -2.55. The third-order valence-electron chi connectivity index (χ3n) is 8.84. The maximum atomic E-state index is 11.3. The summed E-state index contributed by atoms with van der Waals surface area (Å²) in [5.74, 6) is 0.693. The highest BCUT2D eigenvalue weighted by atomic mass is 16.4. The molecule has 3 fully saturated rings. The van der Waals surface area contributed by atoms with Crippen LogP contribution in [0.1, 0.15) is 71.6 Å². The monoisotopic (exact) mass is 348 g/mol. The van der Waals surface area contributed by atoms with Crippen LogP contribution in [0.5, 0.6) is 0 Å². The molecule has 0 radical (unpaired) electrons. The maximum Gasteiger partial charge on any atom is 0.306 e. The molecule has 140 valence electrons. The van der Waals surface area contributed by atoms with Crippen molar-refractivity contribution in [3.8, 4) is 0 Å². The van der Waals surface area contributed by atoms with E-state index in [0.29, 0.717) is 24.2 Å². The summed E-state index contributed by atoms with van der Waals surface area (Å²) in [5, 5.41) is 30.6. The van der Waals surface area contributed by atoms with Crippen molar-refractivity contribution in [2.24, 2.45) is 28.6 Å². The van der Waals surface area contributed by atoms with Gasteiger partial charge in [-0.1, -0.05) is 25.5 Å². The van der Waals surface area contributed by atoms with Gasteiger partial charge in [-0.15, -0.1) is 0 Å². The van der Waals surface area contributed by atoms with Crippen molar-refractivity contribution < 1.29 is 20.1 Å². The van der Waals surface area contributed by atoms with Crippen LogP contribution in [0.15, 0.2) is 11.6 Å². The second-order valence-corrected chi connectivity index (χ2v) is 9.75. The number of allylic oxidation sites excluding steroid dienone is 1. The average molecular weight is 348 g/mol. The van der Waals surface area contributed by atoms with E-state index in [0.717, 1.165) is 44.9 Å². The Hall–Kier alpha value is -0.870. The Morgan fingerprint density at radius 3 is 2.60 bits per heavy atom. The molecule has 4 heteroatoms. The van der Waals surface area contributed by atoms with Gasteiger partial charge in [-0.05, 0) is 80.0 Å². The molecule has 4 nitrogen and oxygen atoms in total. The second-order valence-electron chi connectivity index (χ2n) is 9.75. The topological polar surface area (TPSA) is 77.8 Å². The molecule has 0 aromatic rings. The lowest BCUT2D eigenvalue weighted by Gasteiger charge is -2.59. The lowest BCUT2D eigenvalue weighted by molar-refractivity contribution is -0.157. The standard InChI is InChI=1S/C21H32O4/c1-19-8-5-14(22)11-13(19)3-4-15-16(19)6-9-20(2)17(15)7-10-21(20,25)12-18(23)24/h3,14-17,22,25H,4-12H2,1-2H3,(H,23,24)/t14-,15-,16+,17+,19+,20+,21+/m1/s1. The quantitative estimate of drug-likeness (QED) is 0.667. The Morgan fingerprint density at radius 1 is 1.16 bits per heavy atom. The van der Waals surface area contributed by atoms with Gasteiger partial charge in [0.1, 0.15) is 0 Å². The first kappa shape index (κ1) is 17.5. The number of aliphatic hydroxyl groups is 2. The highest BCUT2D eigenvalue weighted by molar-refractivity contribution is 5.68. The van der Waals surface area contributed by atoms with Crippen molar-refractivity contribution >= 4 is 5.97 Å². The molecule has 3 saturated carbocycles. The largest absolute Gasteiger partial charge is 0.481 e. The van der Waals surface area contributed by atoms with Gasteiger partial charge in [0.15, 0.2) is 0 Å². The van der Waals surface area contributed by atoms with E-state index in [2.05, 4.69) is 19.9 Å². The predicted octanol–water partition coefficient (Wildman–Crippen LogP) is 3.52. The molecule has 0 heterocycles. The normalized spacial score (nSPS) is 51.9. The average Bonchev–Trinajstić information content (AvgIpc) is 2.79. The van der Waals surface area contributed by atoms with E-state index in [1.165, 1.54) is 5.57 Å².